The van der Waals surface area contributed by atoms with E-state index in [0.29, 0.717) is 5.56 Å². The van der Waals surface area contributed by atoms with E-state index in [0.717, 1.165) is 43.2 Å². The average Bonchev–Trinajstić information content (AvgIpc) is 3.18. The molecule has 0 spiro atoms. The van der Waals surface area contributed by atoms with E-state index in [-0.39, 0.29) is 5.91 Å². The monoisotopic (exact) mass is 373 g/mol. The van der Waals surface area contributed by atoms with Crippen molar-refractivity contribution in [2.75, 3.05) is 30.4 Å². The van der Waals surface area contributed by atoms with Gasteiger partial charge in [0.05, 0.1) is 12.7 Å². The van der Waals surface area contributed by atoms with Crippen molar-refractivity contribution < 1.29 is 9.53 Å². The smallest absolute Gasteiger partial charge is 0.259 e. The Kier molecular flexibility index (Phi) is 5.24. The number of amides is 1. The van der Waals surface area contributed by atoms with E-state index >= 15 is 0 Å². The molecule has 0 bridgehead atoms. The summed E-state index contributed by atoms with van der Waals surface area (Å²) in [6, 6.07) is 19.8. The normalized spacial score (nSPS) is 12.5. The molecule has 0 saturated carbocycles. The van der Waals surface area contributed by atoms with Crippen molar-refractivity contribution in [2.45, 2.75) is 12.8 Å². The van der Waals surface area contributed by atoms with Gasteiger partial charge in [0.15, 0.2) is 0 Å². The van der Waals surface area contributed by atoms with Crippen LogP contribution >= 0.6 is 0 Å². The predicted molar refractivity (Wildman–Crippen MR) is 111 cm³/mol. The van der Waals surface area contributed by atoms with Crippen molar-refractivity contribution in [2.24, 2.45) is 0 Å². The molecule has 5 nitrogen and oxygen atoms in total. The van der Waals surface area contributed by atoms with E-state index in [9.17, 15) is 4.79 Å². The second-order valence-electron chi connectivity index (χ2n) is 6.79. The van der Waals surface area contributed by atoms with Crippen LogP contribution in [0.15, 0.2) is 66.9 Å². The van der Waals surface area contributed by atoms with Crippen molar-refractivity contribution in [3.8, 4) is 5.75 Å². The van der Waals surface area contributed by atoms with Gasteiger partial charge in [-0.05, 0) is 54.3 Å². The number of pyridine rings is 1. The lowest BCUT2D eigenvalue weighted by molar-refractivity contribution is 0.0989. The molecule has 0 unspecified atom stereocenters. The third-order valence-electron chi connectivity index (χ3n) is 5.02. The van der Waals surface area contributed by atoms with E-state index in [1.165, 1.54) is 11.1 Å². The van der Waals surface area contributed by atoms with Gasteiger partial charge in [-0.3, -0.25) is 4.79 Å². The zero-order valence-corrected chi connectivity index (χ0v) is 15.9. The summed E-state index contributed by atoms with van der Waals surface area (Å²) < 4.78 is 5.17. The number of para-hydroxylation sites is 1. The summed E-state index contributed by atoms with van der Waals surface area (Å²) in [5.41, 5.74) is 4.07. The van der Waals surface area contributed by atoms with Crippen LogP contribution in [0.5, 0.6) is 5.75 Å². The highest BCUT2D eigenvalue weighted by Gasteiger charge is 2.25. The van der Waals surface area contributed by atoms with Gasteiger partial charge >= 0.3 is 0 Å². The van der Waals surface area contributed by atoms with Gasteiger partial charge in [0.1, 0.15) is 11.6 Å². The fraction of sp³-hybridized carbons (Fsp3) is 0.217. The van der Waals surface area contributed by atoms with E-state index in [4.69, 9.17) is 4.74 Å². The van der Waals surface area contributed by atoms with Crippen LogP contribution in [0.2, 0.25) is 0 Å². The zero-order chi connectivity index (χ0) is 19.3. The summed E-state index contributed by atoms with van der Waals surface area (Å²) in [5, 5.41) is 3.31. The Hall–Kier alpha value is -3.34. The fourth-order valence-corrected chi connectivity index (χ4v) is 3.46. The Morgan fingerprint density at radius 1 is 1.11 bits per heavy atom. The SMILES string of the molecule is COc1ccc(CCNc2ccc(C(=O)N3CCc4ccccc43)cn2)cc1. The van der Waals surface area contributed by atoms with Crippen LogP contribution < -0.4 is 15.0 Å². The molecule has 1 amide bonds. The minimum absolute atomic E-state index is 0.00207. The summed E-state index contributed by atoms with van der Waals surface area (Å²) in [6.07, 6.45) is 3.44. The van der Waals surface area contributed by atoms with Crippen LogP contribution in [0.25, 0.3) is 0 Å². The van der Waals surface area contributed by atoms with Crippen molar-refractivity contribution in [3.63, 3.8) is 0 Å². The number of hydrogen-bond acceptors (Lipinski definition) is 4. The molecule has 1 N–H and O–H groups in total. The Balaban J connectivity index is 1.34. The molecule has 2 heterocycles. The number of rotatable bonds is 6. The van der Waals surface area contributed by atoms with Gasteiger partial charge in [0.2, 0.25) is 0 Å². The fourth-order valence-electron chi connectivity index (χ4n) is 3.46. The molecule has 1 aliphatic rings. The third-order valence-corrected chi connectivity index (χ3v) is 5.02. The first kappa shape index (κ1) is 18.0. The first-order valence-corrected chi connectivity index (χ1v) is 9.47. The van der Waals surface area contributed by atoms with Gasteiger partial charge in [-0.2, -0.15) is 0 Å². The van der Waals surface area contributed by atoms with Crippen LogP contribution in [0.4, 0.5) is 11.5 Å². The molecule has 4 rings (SSSR count). The number of fused-ring (bicyclic) bond motifs is 1. The largest absolute Gasteiger partial charge is 0.497 e. The predicted octanol–water partition coefficient (Wildman–Crippen LogP) is 3.95. The van der Waals surface area contributed by atoms with Gasteiger partial charge in [-0.1, -0.05) is 30.3 Å². The van der Waals surface area contributed by atoms with Crippen molar-refractivity contribution in [1.29, 1.82) is 0 Å². The molecule has 1 aliphatic heterocycles. The highest BCUT2D eigenvalue weighted by Crippen LogP contribution is 2.28. The summed E-state index contributed by atoms with van der Waals surface area (Å²) in [6.45, 7) is 1.49. The molecule has 28 heavy (non-hydrogen) atoms. The number of hydrogen-bond donors (Lipinski definition) is 1. The average molecular weight is 373 g/mol. The minimum atomic E-state index is 0.00207. The van der Waals surface area contributed by atoms with Crippen LogP contribution in [-0.4, -0.2) is 31.1 Å². The van der Waals surface area contributed by atoms with Gasteiger partial charge < -0.3 is 15.0 Å². The Morgan fingerprint density at radius 3 is 2.68 bits per heavy atom. The Labute approximate surface area is 165 Å². The molecule has 2 aromatic carbocycles. The van der Waals surface area contributed by atoms with E-state index in [2.05, 4.69) is 28.5 Å². The third kappa shape index (κ3) is 3.83. The maximum Gasteiger partial charge on any atom is 0.259 e. The van der Waals surface area contributed by atoms with Gasteiger partial charge in [-0.15, -0.1) is 0 Å². The number of nitrogens with zero attached hydrogens (tertiary/aromatic N) is 2. The molecule has 0 atom stereocenters. The molecular weight excluding hydrogens is 350 g/mol. The van der Waals surface area contributed by atoms with Crippen molar-refractivity contribution in [1.82, 2.24) is 4.98 Å². The number of carbonyl (C=O) groups is 1. The Bertz CT molecular complexity index is 952. The lowest BCUT2D eigenvalue weighted by Crippen LogP contribution is -2.28. The standard InChI is InChI=1S/C23H23N3O2/c1-28-20-9-6-17(7-10-20)12-14-24-22-11-8-19(16-25-22)23(27)26-15-13-18-4-2-3-5-21(18)26/h2-11,16H,12-15H2,1H3,(H,24,25). The maximum atomic E-state index is 12.8. The summed E-state index contributed by atoms with van der Waals surface area (Å²) >= 11 is 0. The number of carbonyl (C=O) groups excluding carboxylic acids is 1. The van der Waals surface area contributed by atoms with Gasteiger partial charge in [-0.25, -0.2) is 4.98 Å². The van der Waals surface area contributed by atoms with Crippen LogP contribution in [-0.2, 0) is 12.8 Å². The molecular formula is C23H23N3O2. The number of aromatic nitrogens is 1. The zero-order valence-electron chi connectivity index (χ0n) is 15.9. The molecule has 142 valence electrons. The van der Waals surface area contributed by atoms with Crippen LogP contribution in [0.1, 0.15) is 21.5 Å². The summed E-state index contributed by atoms with van der Waals surface area (Å²) in [4.78, 5) is 19.1. The molecule has 0 radical (unpaired) electrons. The maximum absolute atomic E-state index is 12.8. The van der Waals surface area contributed by atoms with Gasteiger partial charge in [0, 0.05) is 25.0 Å². The number of ether oxygens (including phenoxy) is 1. The molecule has 3 aromatic rings. The first-order valence-electron chi connectivity index (χ1n) is 9.47. The Morgan fingerprint density at radius 2 is 1.93 bits per heavy atom. The van der Waals surface area contributed by atoms with Crippen LogP contribution in [0.3, 0.4) is 0 Å². The molecule has 0 fully saturated rings. The topological polar surface area (TPSA) is 54.5 Å². The van der Waals surface area contributed by atoms with E-state index < -0.39 is 0 Å². The first-order chi connectivity index (χ1) is 13.7. The summed E-state index contributed by atoms with van der Waals surface area (Å²) in [7, 11) is 1.67. The lowest BCUT2D eigenvalue weighted by Gasteiger charge is -2.17. The number of anilines is 2. The summed E-state index contributed by atoms with van der Waals surface area (Å²) in [5.74, 6) is 1.63. The quantitative estimate of drug-likeness (QED) is 0.711. The number of methoxy groups -OCH3 is 1. The minimum Gasteiger partial charge on any atom is -0.497 e. The second kappa shape index (κ2) is 8.13. The molecule has 1 aromatic heterocycles. The van der Waals surface area contributed by atoms with Crippen molar-refractivity contribution in [3.05, 3.63) is 83.6 Å². The van der Waals surface area contributed by atoms with Gasteiger partial charge in [0.25, 0.3) is 5.91 Å². The van der Waals surface area contributed by atoms with E-state index in [1.807, 2.05) is 47.4 Å². The lowest BCUT2D eigenvalue weighted by atomic mass is 10.1. The molecule has 0 saturated heterocycles. The molecule has 5 heteroatoms. The number of benzene rings is 2. The molecule has 0 aliphatic carbocycles. The second-order valence-corrected chi connectivity index (χ2v) is 6.79. The van der Waals surface area contributed by atoms with E-state index in [1.54, 1.807) is 13.3 Å². The number of nitrogens with one attached hydrogen (secondary N) is 1. The highest BCUT2D eigenvalue weighted by molar-refractivity contribution is 6.07. The van der Waals surface area contributed by atoms with Crippen LogP contribution in [0, 0.1) is 0 Å². The van der Waals surface area contributed by atoms with Crippen molar-refractivity contribution >= 4 is 17.4 Å². The highest BCUT2D eigenvalue weighted by atomic mass is 16.5.